The number of aliphatic hydroxyl groups is 1. The van der Waals surface area contributed by atoms with Crippen LogP contribution in [0.5, 0.6) is 28.7 Å². The van der Waals surface area contributed by atoms with Crippen LogP contribution < -0.4 is 18.9 Å². The minimum Gasteiger partial charge on any atom is -0.508 e. The van der Waals surface area contributed by atoms with Crippen molar-refractivity contribution in [3.05, 3.63) is 113 Å². The smallest absolute Gasteiger partial charge is 0.313 e. The zero-order valence-electron chi connectivity index (χ0n) is 23.8. The highest BCUT2D eigenvalue weighted by Crippen LogP contribution is 2.58. The van der Waals surface area contributed by atoms with E-state index in [1.165, 1.54) is 26.4 Å². The lowest BCUT2D eigenvalue weighted by Gasteiger charge is -2.33. The molecule has 43 heavy (non-hydrogen) atoms. The van der Waals surface area contributed by atoms with Crippen molar-refractivity contribution in [1.82, 2.24) is 0 Å². The van der Waals surface area contributed by atoms with Crippen molar-refractivity contribution >= 4 is 5.97 Å². The van der Waals surface area contributed by atoms with E-state index in [0.717, 1.165) is 5.56 Å². The van der Waals surface area contributed by atoms with E-state index in [1.54, 1.807) is 36.4 Å². The Morgan fingerprint density at radius 3 is 2.51 bits per heavy atom. The minimum atomic E-state index is -1.95. The van der Waals surface area contributed by atoms with Crippen LogP contribution in [0.3, 0.4) is 0 Å². The first-order chi connectivity index (χ1) is 20.9. The van der Waals surface area contributed by atoms with Crippen LogP contribution >= 0.6 is 0 Å². The number of benzene rings is 4. The van der Waals surface area contributed by atoms with E-state index >= 15 is 0 Å². The monoisotopic (exact) mass is 584 g/mol. The summed E-state index contributed by atoms with van der Waals surface area (Å²) in [5, 5.41) is 23.4. The Bertz CT molecular complexity index is 1620. The van der Waals surface area contributed by atoms with Gasteiger partial charge in [-0.05, 0) is 58.7 Å². The zero-order chi connectivity index (χ0) is 30.0. The summed E-state index contributed by atoms with van der Waals surface area (Å²) in [4.78, 5) is 13.7. The molecule has 0 saturated carbocycles. The van der Waals surface area contributed by atoms with E-state index in [1.807, 2.05) is 36.4 Å². The lowest BCUT2D eigenvalue weighted by molar-refractivity contribution is -0.153. The molecular weight excluding hydrogens is 552 g/mol. The molecule has 222 valence electrons. The number of methoxy groups -OCH3 is 2. The van der Waals surface area contributed by atoms with Gasteiger partial charge in [-0.3, -0.25) is 4.79 Å². The van der Waals surface area contributed by atoms with Gasteiger partial charge in [0.05, 0.1) is 27.4 Å². The molecule has 9 heteroatoms. The first kappa shape index (κ1) is 28.4. The quantitative estimate of drug-likeness (QED) is 0.199. The van der Waals surface area contributed by atoms with Crippen LogP contribution in [-0.4, -0.2) is 50.4 Å². The molecule has 0 aromatic heterocycles. The van der Waals surface area contributed by atoms with Gasteiger partial charge in [0.1, 0.15) is 35.4 Å². The SMILES string of the molecule is COC(=O)C1C(c2ccc3c(c2)OCO3)c2ccc(O)cc2C1(O)c1ccc(OC)cc1OCCOCc1ccccc1. The normalized spacial score (nSPS) is 20.0. The van der Waals surface area contributed by atoms with Crippen molar-refractivity contribution in [3.63, 3.8) is 0 Å². The fourth-order valence-corrected chi connectivity index (χ4v) is 6.00. The highest BCUT2D eigenvalue weighted by Gasteiger charge is 2.58. The molecule has 6 rings (SSSR count). The largest absolute Gasteiger partial charge is 0.508 e. The summed E-state index contributed by atoms with van der Waals surface area (Å²) in [7, 11) is 2.82. The second-order valence-electron chi connectivity index (χ2n) is 10.4. The van der Waals surface area contributed by atoms with Crippen molar-refractivity contribution in [1.29, 1.82) is 0 Å². The summed E-state index contributed by atoms with van der Waals surface area (Å²) in [6, 6.07) is 25.0. The molecule has 9 nitrogen and oxygen atoms in total. The predicted octanol–water partition coefficient (Wildman–Crippen LogP) is 4.90. The number of hydrogen-bond acceptors (Lipinski definition) is 9. The maximum atomic E-state index is 13.7. The van der Waals surface area contributed by atoms with Gasteiger partial charge in [-0.2, -0.15) is 0 Å². The number of carbonyl (C=O) groups is 1. The Morgan fingerprint density at radius 2 is 1.72 bits per heavy atom. The summed E-state index contributed by atoms with van der Waals surface area (Å²) in [5.41, 5.74) is 1.14. The molecule has 0 spiro atoms. The molecule has 2 aliphatic rings. The van der Waals surface area contributed by atoms with Crippen molar-refractivity contribution < 1.29 is 43.4 Å². The third-order valence-corrected chi connectivity index (χ3v) is 7.97. The van der Waals surface area contributed by atoms with Gasteiger partial charge in [-0.15, -0.1) is 0 Å². The van der Waals surface area contributed by atoms with Gasteiger partial charge in [0.25, 0.3) is 0 Å². The fourth-order valence-electron chi connectivity index (χ4n) is 6.00. The second-order valence-corrected chi connectivity index (χ2v) is 10.4. The Hall–Kier alpha value is -4.73. The van der Waals surface area contributed by atoms with Gasteiger partial charge in [0, 0.05) is 17.5 Å². The predicted molar refractivity (Wildman–Crippen MR) is 156 cm³/mol. The molecule has 0 fully saturated rings. The molecule has 4 aromatic rings. The number of carbonyl (C=O) groups excluding carboxylic acids is 1. The molecule has 2 N–H and O–H groups in total. The van der Waals surface area contributed by atoms with Crippen molar-refractivity contribution in [3.8, 4) is 28.7 Å². The average molecular weight is 585 g/mol. The van der Waals surface area contributed by atoms with Crippen LogP contribution in [0.1, 0.15) is 33.7 Å². The highest BCUT2D eigenvalue weighted by atomic mass is 16.7. The Balaban J connectivity index is 1.40. The Morgan fingerprint density at radius 1 is 0.907 bits per heavy atom. The van der Waals surface area contributed by atoms with E-state index in [4.69, 9.17) is 28.4 Å². The lowest BCUT2D eigenvalue weighted by Crippen LogP contribution is -2.40. The third kappa shape index (κ3) is 5.22. The molecular formula is C34H32O9. The second kappa shape index (κ2) is 11.9. The van der Waals surface area contributed by atoms with Gasteiger partial charge < -0.3 is 38.6 Å². The summed E-state index contributed by atoms with van der Waals surface area (Å²) < 4.78 is 33.8. The minimum absolute atomic E-state index is 0.0579. The first-order valence-corrected chi connectivity index (χ1v) is 13.9. The van der Waals surface area contributed by atoms with Crippen LogP contribution in [-0.2, 0) is 26.5 Å². The number of phenolic OH excluding ortho intramolecular Hbond substituents is 1. The number of aromatic hydroxyl groups is 1. The molecule has 0 saturated heterocycles. The molecule has 3 atom stereocenters. The molecule has 0 radical (unpaired) electrons. The van der Waals surface area contributed by atoms with Crippen LogP contribution in [0.2, 0.25) is 0 Å². The van der Waals surface area contributed by atoms with Gasteiger partial charge in [-0.25, -0.2) is 0 Å². The van der Waals surface area contributed by atoms with Gasteiger partial charge in [-0.1, -0.05) is 42.5 Å². The number of esters is 1. The number of phenols is 1. The molecule has 1 aliphatic heterocycles. The topological polar surface area (TPSA) is 113 Å². The molecule has 4 aromatic carbocycles. The van der Waals surface area contributed by atoms with Gasteiger partial charge in [0.2, 0.25) is 6.79 Å². The third-order valence-electron chi connectivity index (χ3n) is 7.97. The van der Waals surface area contributed by atoms with E-state index in [-0.39, 0.29) is 25.8 Å². The fraction of sp³-hybridized carbons (Fsp3) is 0.265. The van der Waals surface area contributed by atoms with Crippen LogP contribution in [0.25, 0.3) is 0 Å². The zero-order valence-corrected chi connectivity index (χ0v) is 23.8. The molecule has 1 aliphatic carbocycles. The number of ether oxygens (including phenoxy) is 6. The number of rotatable bonds is 10. The number of hydrogen-bond donors (Lipinski definition) is 2. The average Bonchev–Trinajstić information content (AvgIpc) is 3.61. The van der Waals surface area contributed by atoms with Gasteiger partial charge in [0.15, 0.2) is 11.5 Å². The van der Waals surface area contributed by atoms with E-state index < -0.39 is 23.4 Å². The number of fused-ring (bicyclic) bond motifs is 2. The molecule has 1 heterocycles. The first-order valence-electron chi connectivity index (χ1n) is 13.9. The molecule has 0 amide bonds. The van der Waals surface area contributed by atoms with E-state index in [0.29, 0.717) is 51.9 Å². The summed E-state index contributed by atoms with van der Waals surface area (Å²) in [6.45, 7) is 0.972. The maximum Gasteiger partial charge on any atom is 0.313 e. The molecule has 0 bridgehead atoms. The van der Waals surface area contributed by atoms with Crippen molar-refractivity contribution in [2.45, 2.75) is 18.1 Å². The van der Waals surface area contributed by atoms with Crippen LogP contribution in [0.15, 0.2) is 84.9 Å². The van der Waals surface area contributed by atoms with E-state index in [9.17, 15) is 15.0 Å². The standard InChI is InChI=1S/C34H32O9/c1-38-24-10-12-26(29(18-24)41-15-14-40-19-21-6-4-3-5-7-21)34(37)27-17-23(35)9-11-25(27)31(32(34)33(36)39-2)22-8-13-28-30(16-22)43-20-42-28/h3-13,16-18,31-32,35,37H,14-15,19-20H2,1-2H3. The van der Waals surface area contributed by atoms with Crippen LogP contribution in [0.4, 0.5) is 0 Å². The van der Waals surface area contributed by atoms with Crippen molar-refractivity contribution in [2.24, 2.45) is 5.92 Å². The lowest BCUT2D eigenvalue weighted by atomic mass is 9.76. The Kier molecular flexibility index (Phi) is 7.84. The summed E-state index contributed by atoms with van der Waals surface area (Å²) in [5.74, 6) is -0.528. The maximum absolute atomic E-state index is 13.7. The van der Waals surface area contributed by atoms with E-state index in [2.05, 4.69) is 0 Å². The van der Waals surface area contributed by atoms with Gasteiger partial charge >= 0.3 is 5.97 Å². The summed E-state index contributed by atoms with van der Waals surface area (Å²) in [6.07, 6.45) is 0. The molecule has 3 unspecified atom stereocenters. The van der Waals surface area contributed by atoms with Crippen molar-refractivity contribution in [2.75, 3.05) is 34.2 Å². The van der Waals surface area contributed by atoms with Crippen LogP contribution in [0, 0.1) is 5.92 Å². The summed E-state index contributed by atoms with van der Waals surface area (Å²) >= 11 is 0. The Labute approximate surface area is 249 Å². The highest BCUT2D eigenvalue weighted by molar-refractivity contribution is 5.81.